The Labute approximate surface area is 242 Å². The first kappa shape index (κ1) is 31.3. The Morgan fingerprint density at radius 3 is 2.48 bits per heavy atom. The number of rotatable bonds is 8. The van der Waals surface area contributed by atoms with Gasteiger partial charge in [-0.25, -0.2) is 13.4 Å². The number of aliphatic hydroxyl groups is 1. The van der Waals surface area contributed by atoms with Crippen molar-refractivity contribution in [2.75, 3.05) is 33.9 Å². The zero-order valence-corrected chi connectivity index (χ0v) is 24.3. The predicted octanol–water partition coefficient (Wildman–Crippen LogP) is 4.32. The van der Waals surface area contributed by atoms with Gasteiger partial charge in [-0.2, -0.15) is 17.5 Å². The number of hydrogen-bond acceptors (Lipinski definition) is 7. The maximum absolute atomic E-state index is 13.7. The molecule has 13 heteroatoms. The molecule has 1 aliphatic rings. The van der Waals surface area contributed by atoms with Gasteiger partial charge in [0, 0.05) is 31.3 Å². The number of nitrogens with zero attached hydrogens (tertiary/aromatic N) is 3. The van der Waals surface area contributed by atoms with E-state index >= 15 is 0 Å². The minimum Gasteiger partial charge on any atom is -0.497 e. The second kappa shape index (κ2) is 12.3. The maximum atomic E-state index is 13.7. The van der Waals surface area contributed by atoms with Gasteiger partial charge in [0.25, 0.3) is 5.91 Å². The lowest BCUT2D eigenvalue weighted by Gasteiger charge is -2.37. The highest BCUT2D eigenvalue weighted by molar-refractivity contribution is 7.89. The molecule has 0 radical (unpaired) electrons. The molecule has 0 fully saturated rings. The van der Waals surface area contributed by atoms with E-state index < -0.39 is 45.7 Å². The summed E-state index contributed by atoms with van der Waals surface area (Å²) in [4.78, 5) is 19.5. The molecular weight excluding hydrogens is 575 g/mol. The van der Waals surface area contributed by atoms with Crippen molar-refractivity contribution in [1.29, 1.82) is 0 Å². The molecular formula is C29H32F3N3O6S. The lowest BCUT2D eigenvalue weighted by molar-refractivity contribution is -0.137. The van der Waals surface area contributed by atoms with E-state index in [0.717, 1.165) is 16.4 Å². The van der Waals surface area contributed by atoms with Crippen LogP contribution in [-0.4, -0.2) is 79.6 Å². The van der Waals surface area contributed by atoms with E-state index in [2.05, 4.69) is 4.98 Å². The summed E-state index contributed by atoms with van der Waals surface area (Å²) in [5.41, 5.74) is -0.396. The number of amides is 1. The summed E-state index contributed by atoms with van der Waals surface area (Å²) in [5.74, 6) is -0.492. The van der Waals surface area contributed by atoms with Crippen LogP contribution in [0.2, 0.25) is 0 Å². The highest BCUT2D eigenvalue weighted by Crippen LogP contribution is 2.34. The van der Waals surface area contributed by atoms with Crippen molar-refractivity contribution in [3.63, 3.8) is 0 Å². The summed E-state index contributed by atoms with van der Waals surface area (Å²) in [6.07, 6.45) is -4.01. The molecule has 1 N–H and O–H groups in total. The first-order chi connectivity index (χ1) is 19.8. The molecule has 1 aromatic heterocycles. The van der Waals surface area contributed by atoms with Crippen molar-refractivity contribution in [3.8, 4) is 22.8 Å². The summed E-state index contributed by atoms with van der Waals surface area (Å²) < 4.78 is 79.1. The number of pyridine rings is 1. The van der Waals surface area contributed by atoms with Gasteiger partial charge in [-0.3, -0.25) is 4.79 Å². The number of halogens is 3. The molecule has 3 atom stereocenters. The summed E-state index contributed by atoms with van der Waals surface area (Å²) in [6, 6.07) is 11.4. The van der Waals surface area contributed by atoms with Gasteiger partial charge in [0.15, 0.2) is 0 Å². The molecule has 0 aliphatic carbocycles. The third-order valence-corrected chi connectivity index (χ3v) is 9.09. The number of hydrogen-bond donors (Lipinski definition) is 1. The van der Waals surface area contributed by atoms with Gasteiger partial charge in [-0.05, 0) is 55.0 Å². The number of methoxy groups -OCH3 is 1. The third kappa shape index (κ3) is 6.53. The molecule has 0 bridgehead atoms. The second-order valence-corrected chi connectivity index (χ2v) is 12.3. The van der Waals surface area contributed by atoms with E-state index in [1.165, 1.54) is 67.7 Å². The number of benzene rings is 2. The molecule has 0 spiro atoms. The SMILES string of the molecule is COc1ccc(S(=O)(=O)N(C)C[C@@H]2Oc3ncc(-c4cccc(C(F)(F)F)c4)cc3C(=O)N([C@H](C)CO)C[C@@H]2C)cc1. The van der Waals surface area contributed by atoms with E-state index in [1.807, 2.05) is 0 Å². The molecule has 0 saturated carbocycles. The average molecular weight is 608 g/mol. The van der Waals surface area contributed by atoms with E-state index in [9.17, 15) is 31.5 Å². The number of likely N-dealkylation sites (N-methyl/N-ethyl adjacent to an activating group) is 1. The lowest BCUT2D eigenvalue weighted by atomic mass is 9.99. The van der Waals surface area contributed by atoms with Gasteiger partial charge >= 0.3 is 6.18 Å². The fourth-order valence-corrected chi connectivity index (χ4v) is 5.82. The Hall–Kier alpha value is -3.68. The molecule has 1 aliphatic heterocycles. The van der Waals surface area contributed by atoms with Crippen LogP contribution in [0.3, 0.4) is 0 Å². The third-order valence-electron chi connectivity index (χ3n) is 7.25. The number of sulfonamides is 1. The van der Waals surface area contributed by atoms with Crippen molar-refractivity contribution in [2.45, 2.75) is 37.1 Å². The molecule has 2 aromatic carbocycles. The molecule has 0 saturated heterocycles. The number of alkyl halides is 3. The average Bonchev–Trinajstić information content (AvgIpc) is 2.97. The largest absolute Gasteiger partial charge is 0.497 e. The van der Waals surface area contributed by atoms with Crippen molar-refractivity contribution in [1.82, 2.24) is 14.2 Å². The van der Waals surface area contributed by atoms with Crippen LogP contribution in [0.4, 0.5) is 13.2 Å². The van der Waals surface area contributed by atoms with E-state index in [4.69, 9.17) is 9.47 Å². The van der Waals surface area contributed by atoms with E-state index in [0.29, 0.717) is 5.75 Å². The Kier molecular flexibility index (Phi) is 9.14. The zero-order chi connectivity index (χ0) is 30.8. The van der Waals surface area contributed by atoms with Crippen LogP contribution >= 0.6 is 0 Å². The Bertz CT molecular complexity index is 1530. The number of carbonyl (C=O) groups is 1. The zero-order valence-electron chi connectivity index (χ0n) is 23.5. The summed E-state index contributed by atoms with van der Waals surface area (Å²) in [6.45, 7) is 3.14. The molecule has 0 unspecified atom stereocenters. The van der Waals surface area contributed by atoms with E-state index in [1.54, 1.807) is 13.8 Å². The summed E-state index contributed by atoms with van der Waals surface area (Å²) in [5, 5.41) is 9.88. The molecule has 2 heterocycles. The van der Waals surface area contributed by atoms with Crippen LogP contribution in [0.5, 0.6) is 11.6 Å². The van der Waals surface area contributed by atoms with Gasteiger partial charge in [-0.15, -0.1) is 0 Å². The van der Waals surface area contributed by atoms with Crippen LogP contribution in [0.1, 0.15) is 29.8 Å². The number of ether oxygens (including phenoxy) is 2. The second-order valence-electron chi connectivity index (χ2n) is 10.2. The molecule has 4 rings (SSSR count). The highest BCUT2D eigenvalue weighted by atomic mass is 32.2. The van der Waals surface area contributed by atoms with Gasteiger partial charge in [0.2, 0.25) is 15.9 Å². The van der Waals surface area contributed by atoms with Crippen molar-refractivity contribution >= 4 is 15.9 Å². The molecule has 3 aromatic rings. The van der Waals surface area contributed by atoms with Crippen LogP contribution in [0, 0.1) is 5.92 Å². The highest BCUT2D eigenvalue weighted by Gasteiger charge is 2.36. The first-order valence-corrected chi connectivity index (χ1v) is 14.6. The van der Waals surface area contributed by atoms with Crippen LogP contribution in [0.15, 0.2) is 65.7 Å². The van der Waals surface area contributed by atoms with Crippen molar-refractivity contribution in [2.24, 2.45) is 5.92 Å². The fraction of sp³-hybridized carbons (Fsp3) is 0.379. The predicted molar refractivity (Wildman–Crippen MR) is 149 cm³/mol. The minimum absolute atomic E-state index is 0.0113. The summed E-state index contributed by atoms with van der Waals surface area (Å²) in [7, 11) is -1.03. The molecule has 1 amide bonds. The monoisotopic (exact) mass is 607 g/mol. The van der Waals surface area contributed by atoms with Crippen molar-refractivity contribution < 1.29 is 41.0 Å². The number of aromatic nitrogens is 1. The Morgan fingerprint density at radius 1 is 1.17 bits per heavy atom. The van der Waals surface area contributed by atoms with Gasteiger partial charge in [0.1, 0.15) is 17.4 Å². The fourth-order valence-electron chi connectivity index (χ4n) is 4.63. The molecule has 9 nitrogen and oxygen atoms in total. The van der Waals surface area contributed by atoms with Crippen molar-refractivity contribution in [3.05, 3.63) is 71.9 Å². The lowest BCUT2D eigenvalue weighted by Crippen LogP contribution is -2.50. The van der Waals surface area contributed by atoms with Crippen LogP contribution in [-0.2, 0) is 16.2 Å². The summed E-state index contributed by atoms with van der Waals surface area (Å²) >= 11 is 0. The molecule has 226 valence electrons. The quantitative estimate of drug-likeness (QED) is 0.406. The first-order valence-electron chi connectivity index (χ1n) is 13.1. The smallest absolute Gasteiger partial charge is 0.416 e. The van der Waals surface area contributed by atoms with Gasteiger partial charge in [-0.1, -0.05) is 19.1 Å². The normalized spacial score (nSPS) is 18.6. The number of fused-ring (bicyclic) bond motifs is 1. The van der Waals surface area contributed by atoms with Gasteiger partial charge < -0.3 is 19.5 Å². The Balaban J connectivity index is 1.71. The Morgan fingerprint density at radius 2 is 1.86 bits per heavy atom. The van der Waals surface area contributed by atoms with E-state index in [-0.39, 0.29) is 47.2 Å². The van der Waals surface area contributed by atoms with Gasteiger partial charge in [0.05, 0.1) is 36.8 Å². The standard InChI is InChI=1S/C29H32F3N3O6S/c1-18-15-35(19(2)17-36)28(37)25-13-21(20-6-5-7-22(12-20)29(30,31)32)14-33-27(25)41-26(18)16-34(3)42(38,39)24-10-8-23(40-4)9-11-24/h5-14,18-19,26,36H,15-17H2,1-4H3/t18-,19+,26-/m0/s1. The van der Waals surface area contributed by atoms with Crippen LogP contribution in [0.25, 0.3) is 11.1 Å². The minimum atomic E-state index is -4.55. The number of aliphatic hydroxyl groups excluding tert-OH is 1. The van der Waals surface area contributed by atoms with Crippen LogP contribution < -0.4 is 9.47 Å². The maximum Gasteiger partial charge on any atom is 0.416 e. The molecule has 42 heavy (non-hydrogen) atoms. The topological polar surface area (TPSA) is 109 Å². The number of carbonyl (C=O) groups excluding carboxylic acids is 1.